The number of dihydropyridines is 1. The van der Waals surface area contributed by atoms with Gasteiger partial charge in [0, 0.05) is 47.8 Å². The second-order valence-electron chi connectivity index (χ2n) is 8.55. The molecule has 0 bridgehead atoms. The Balaban J connectivity index is 1.36. The quantitative estimate of drug-likeness (QED) is 0.416. The van der Waals surface area contributed by atoms with Crippen molar-refractivity contribution in [1.29, 1.82) is 0 Å². The van der Waals surface area contributed by atoms with Crippen LogP contribution in [-0.2, 0) is 6.54 Å². The zero-order chi connectivity index (χ0) is 22.8. The first-order chi connectivity index (χ1) is 16.1. The van der Waals surface area contributed by atoms with E-state index in [0.717, 1.165) is 33.5 Å². The van der Waals surface area contributed by atoms with Crippen molar-refractivity contribution >= 4 is 22.2 Å². The van der Waals surface area contributed by atoms with E-state index in [2.05, 4.69) is 76.9 Å². The van der Waals surface area contributed by atoms with Crippen LogP contribution in [0.2, 0.25) is 0 Å². The lowest BCUT2D eigenvalue weighted by Gasteiger charge is -2.17. The van der Waals surface area contributed by atoms with Crippen LogP contribution in [0.15, 0.2) is 79.4 Å². The second kappa shape index (κ2) is 8.87. The summed E-state index contributed by atoms with van der Waals surface area (Å²) in [4.78, 5) is 13.5. The first kappa shape index (κ1) is 20.9. The Kier molecular flexibility index (Phi) is 5.61. The number of hydrogen-bond acceptors (Lipinski definition) is 5. The molecule has 2 N–H and O–H groups in total. The fraction of sp³-hybridized carbons (Fsp3) is 0.179. The molecule has 0 saturated carbocycles. The molecule has 3 aromatic heterocycles. The van der Waals surface area contributed by atoms with Gasteiger partial charge in [-0.25, -0.2) is 4.98 Å². The van der Waals surface area contributed by atoms with Crippen LogP contribution >= 0.6 is 0 Å². The number of aryl methyl sites for hydroxylation is 2. The molecule has 0 spiro atoms. The van der Waals surface area contributed by atoms with Crippen molar-refractivity contribution < 1.29 is 0 Å². The molecule has 0 radical (unpaired) electrons. The Labute approximate surface area is 194 Å². The van der Waals surface area contributed by atoms with Crippen LogP contribution in [0.4, 0.5) is 5.82 Å². The number of aromatic nitrogens is 3. The molecule has 4 aromatic rings. The normalized spacial score (nSPS) is 15.2. The second-order valence-corrected chi connectivity index (χ2v) is 8.55. The minimum absolute atomic E-state index is 0.347. The molecule has 1 aliphatic rings. The smallest absolute Gasteiger partial charge is 0.135 e. The van der Waals surface area contributed by atoms with Gasteiger partial charge in [-0.15, -0.1) is 0 Å². The summed E-state index contributed by atoms with van der Waals surface area (Å²) in [5, 5.41) is 8.93. The van der Waals surface area contributed by atoms with Crippen LogP contribution in [-0.4, -0.2) is 21.0 Å². The predicted octanol–water partition coefficient (Wildman–Crippen LogP) is 5.81. The van der Waals surface area contributed by atoms with Gasteiger partial charge in [0.25, 0.3) is 0 Å². The van der Waals surface area contributed by atoms with Gasteiger partial charge in [0.05, 0.1) is 5.69 Å². The summed E-state index contributed by atoms with van der Waals surface area (Å²) in [5.41, 5.74) is 8.01. The largest absolute Gasteiger partial charge is 0.385 e. The van der Waals surface area contributed by atoms with E-state index in [4.69, 9.17) is 4.98 Å². The van der Waals surface area contributed by atoms with Gasteiger partial charge in [0.1, 0.15) is 5.82 Å². The van der Waals surface area contributed by atoms with E-state index in [0.29, 0.717) is 12.6 Å². The summed E-state index contributed by atoms with van der Waals surface area (Å²) < 4.78 is 0. The molecule has 0 aliphatic carbocycles. The molecule has 1 atom stereocenters. The Bertz CT molecular complexity index is 1390. The Hall–Kier alpha value is -3.99. The summed E-state index contributed by atoms with van der Waals surface area (Å²) in [6.45, 7) is 7.02. The Morgan fingerprint density at radius 3 is 2.67 bits per heavy atom. The molecule has 0 saturated heterocycles. The van der Waals surface area contributed by atoms with E-state index in [1.807, 2.05) is 43.8 Å². The summed E-state index contributed by atoms with van der Waals surface area (Å²) in [6, 6.07) is 15.2. The number of fused-ring (bicyclic) bond motifs is 1. The van der Waals surface area contributed by atoms with Crippen LogP contribution in [0.3, 0.4) is 0 Å². The van der Waals surface area contributed by atoms with Gasteiger partial charge >= 0.3 is 0 Å². The fourth-order valence-corrected chi connectivity index (χ4v) is 4.26. The number of nitrogens with one attached hydrogen (secondary N) is 2. The van der Waals surface area contributed by atoms with E-state index in [-0.39, 0.29) is 0 Å². The molecule has 164 valence electrons. The number of anilines is 1. The zero-order valence-electron chi connectivity index (χ0n) is 19.1. The van der Waals surface area contributed by atoms with Gasteiger partial charge in [0.2, 0.25) is 0 Å². The van der Waals surface area contributed by atoms with E-state index in [1.54, 1.807) is 0 Å². The SMILES string of the molecule is Cc1cc(-c2cc3ccnc(NCc4ccc(C5=CC(C)NC=C5)c(C)c4)c3cn2)ccn1. The minimum atomic E-state index is 0.347. The zero-order valence-corrected chi connectivity index (χ0v) is 19.1. The highest BCUT2D eigenvalue weighted by molar-refractivity contribution is 5.93. The van der Waals surface area contributed by atoms with Gasteiger partial charge in [-0.3, -0.25) is 9.97 Å². The lowest BCUT2D eigenvalue weighted by atomic mass is 9.95. The molecular weight excluding hydrogens is 406 g/mol. The van der Waals surface area contributed by atoms with E-state index < -0.39 is 0 Å². The number of benzene rings is 1. The van der Waals surface area contributed by atoms with Gasteiger partial charge in [-0.05, 0) is 85.0 Å². The number of rotatable bonds is 5. The van der Waals surface area contributed by atoms with Crippen LogP contribution in [0.25, 0.3) is 27.6 Å². The van der Waals surface area contributed by atoms with Crippen molar-refractivity contribution in [3.8, 4) is 11.3 Å². The highest BCUT2D eigenvalue weighted by Gasteiger charge is 2.10. The molecule has 5 nitrogen and oxygen atoms in total. The average Bonchev–Trinajstić information content (AvgIpc) is 2.82. The lowest BCUT2D eigenvalue weighted by molar-refractivity contribution is 0.764. The molecule has 0 amide bonds. The van der Waals surface area contributed by atoms with Crippen LogP contribution < -0.4 is 10.6 Å². The first-order valence-electron chi connectivity index (χ1n) is 11.2. The van der Waals surface area contributed by atoms with Crippen molar-refractivity contribution in [3.63, 3.8) is 0 Å². The lowest BCUT2D eigenvalue weighted by Crippen LogP contribution is -2.20. The third kappa shape index (κ3) is 4.48. The summed E-state index contributed by atoms with van der Waals surface area (Å²) >= 11 is 0. The van der Waals surface area contributed by atoms with Gasteiger partial charge in [0.15, 0.2) is 0 Å². The van der Waals surface area contributed by atoms with Crippen LogP contribution in [0.5, 0.6) is 0 Å². The van der Waals surface area contributed by atoms with Crippen molar-refractivity contribution in [1.82, 2.24) is 20.3 Å². The molecule has 0 fully saturated rings. The number of hydrogen-bond donors (Lipinski definition) is 2. The molecule has 5 rings (SSSR count). The fourth-order valence-electron chi connectivity index (χ4n) is 4.26. The molecular formula is C28H27N5. The van der Waals surface area contributed by atoms with Crippen molar-refractivity contribution in [3.05, 3.63) is 102 Å². The van der Waals surface area contributed by atoms with Gasteiger partial charge in [-0.2, -0.15) is 0 Å². The average molecular weight is 434 g/mol. The Morgan fingerprint density at radius 2 is 1.85 bits per heavy atom. The summed E-state index contributed by atoms with van der Waals surface area (Å²) in [6.07, 6.45) is 12.0. The van der Waals surface area contributed by atoms with Gasteiger partial charge < -0.3 is 10.6 Å². The third-order valence-electron chi connectivity index (χ3n) is 5.95. The topological polar surface area (TPSA) is 62.7 Å². The van der Waals surface area contributed by atoms with Gasteiger partial charge in [-0.1, -0.05) is 24.3 Å². The standard InChI is InChI=1S/C28H27N5/c1-18-12-21(4-5-25(18)22-6-9-29-19(2)13-22)16-33-28-26-17-32-27(15-23(26)7-11-31-28)24-8-10-30-20(3)14-24/h4-15,17,19,29H,16H2,1-3H3,(H,31,33). The summed E-state index contributed by atoms with van der Waals surface area (Å²) in [5.74, 6) is 0.844. The highest BCUT2D eigenvalue weighted by atomic mass is 15.0. The van der Waals surface area contributed by atoms with Crippen molar-refractivity contribution in [2.75, 3.05) is 5.32 Å². The van der Waals surface area contributed by atoms with Crippen molar-refractivity contribution in [2.45, 2.75) is 33.4 Å². The Morgan fingerprint density at radius 1 is 0.970 bits per heavy atom. The molecule has 1 aliphatic heterocycles. The summed E-state index contributed by atoms with van der Waals surface area (Å²) in [7, 11) is 0. The number of pyridine rings is 3. The third-order valence-corrected chi connectivity index (χ3v) is 5.95. The predicted molar refractivity (Wildman–Crippen MR) is 136 cm³/mol. The monoisotopic (exact) mass is 433 g/mol. The highest BCUT2D eigenvalue weighted by Crippen LogP contribution is 2.27. The molecule has 1 unspecified atom stereocenters. The molecule has 4 heterocycles. The van der Waals surface area contributed by atoms with E-state index in [9.17, 15) is 0 Å². The van der Waals surface area contributed by atoms with E-state index in [1.165, 1.54) is 22.3 Å². The number of allylic oxidation sites excluding steroid dienone is 2. The minimum Gasteiger partial charge on any atom is -0.385 e. The van der Waals surface area contributed by atoms with Crippen LogP contribution in [0, 0.1) is 13.8 Å². The molecule has 1 aromatic carbocycles. The maximum Gasteiger partial charge on any atom is 0.135 e. The van der Waals surface area contributed by atoms with E-state index >= 15 is 0 Å². The van der Waals surface area contributed by atoms with Crippen LogP contribution in [0.1, 0.15) is 29.3 Å². The molecule has 33 heavy (non-hydrogen) atoms. The molecule has 5 heteroatoms. The maximum absolute atomic E-state index is 4.69. The number of nitrogens with zero attached hydrogens (tertiary/aromatic N) is 3. The maximum atomic E-state index is 4.69. The van der Waals surface area contributed by atoms with Crippen molar-refractivity contribution in [2.24, 2.45) is 0 Å². The first-order valence-corrected chi connectivity index (χ1v) is 11.2.